The Kier molecular flexibility index (Phi) is 5.99. The van der Waals surface area contributed by atoms with Gasteiger partial charge >= 0.3 is 0 Å². The second-order valence-corrected chi connectivity index (χ2v) is 9.54. The largest absolute Gasteiger partial charge is 0.386 e. The first-order valence-electron chi connectivity index (χ1n) is 9.18. The molecule has 8 heteroatoms. The van der Waals surface area contributed by atoms with E-state index in [9.17, 15) is 10.1 Å². The average Bonchev–Trinajstić information content (AvgIpc) is 2.96. The number of halogens is 1. The molecule has 0 saturated heterocycles. The molecule has 6 nitrogen and oxygen atoms in total. The number of rotatable bonds is 5. The van der Waals surface area contributed by atoms with Crippen LogP contribution >= 0.6 is 22.9 Å². The number of nitriles is 1. The summed E-state index contributed by atoms with van der Waals surface area (Å²) in [6.07, 6.45) is 2.18. The quantitative estimate of drug-likeness (QED) is 0.543. The van der Waals surface area contributed by atoms with Crippen LogP contribution in [0.4, 0.5) is 5.00 Å². The predicted molar refractivity (Wildman–Crippen MR) is 117 cm³/mol. The molecule has 2 heterocycles. The number of anilines is 1. The first-order valence-corrected chi connectivity index (χ1v) is 10.4. The number of fused-ring (bicyclic) bond motifs is 1. The van der Waals surface area contributed by atoms with Crippen LogP contribution in [-0.4, -0.2) is 24.3 Å². The van der Waals surface area contributed by atoms with E-state index in [1.807, 2.05) is 12.1 Å². The van der Waals surface area contributed by atoms with Crippen LogP contribution in [0.25, 0.3) is 0 Å². The molecule has 152 valence electrons. The van der Waals surface area contributed by atoms with Crippen LogP contribution in [-0.2, 0) is 21.6 Å². The molecular formula is C21H23ClN4O2S. The van der Waals surface area contributed by atoms with Crippen LogP contribution in [0, 0.1) is 11.3 Å². The van der Waals surface area contributed by atoms with Crippen LogP contribution in [0.1, 0.15) is 49.3 Å². The molecule has 1 aromatic heterocycles. The summed E-state index contributed by atoms with van der Waals surface area (Å²) in [7, 11) is 0. The maximum atomic E-state index is 12.3. The molecule has 1 amide bonds. The SMILES string of the molecule is CC1(C)Cc2c(sc(NC(=O)CON=Cc3ccccc3Cl)c2C#N)C(C)(C)N1. The normalized spacial score (nSPS) is 16.8. The van der Waals surface area contributed by atoms with Crippen molar-refractivity contribution < 1.29 is 9.63 Å². The van der Waals surface area contributed by atoms with E-state index >= 15 is 0 Å². The van der Waals surface area contributed by atoms with E-state index in [0.29, 0.717) is 21.2 Å². The van der Waals surface area contributed by atoms with Crippen LogP contribution in [0.15, 0.2) is 29.4 Å². The summed E-state index contributed by atoms with van der Waals surface area (Å²) in [5.74, 6) is -0.374. The maximum absolute atomic E-state index is 12.3. The first kappa shape index (κ1) is 21.3. The van der Waals surface area contributed by atoms with Gasteiger partial charge in [0.25, 0.3) is 5.91 Å². The minimum absolute atomic E-state index is 0.138. The number of nitrogens with zero attached hydrogens (tertiary/aromatic N) is 2. The number of nitrogens with one attached hydrogen (secondary N) is 2. The molecule has 29 heavy (non-hydrogen) atoms. The Labute approximate surface area is 179 Å². The summed E-state index contributed by atoms with van der Waals surface area (Å²) in [4.78, 5) is 18.5. The number of oxime groups is 1. The van der Waals surface area contributed by atoms with E-state index in [1.54, 1.807) is 12.1 Å². The van der Waals surface area contributed by atoms with Crippen molar-refractivity contribution in [1.29, 1.82) is 5.26 Å². The van der Waals surface area contributed by atoms with Crippen LogP contribution in [0.5, 0.6) is 0 Å². The Bertz CT molecular complexity index is 1000. The van der Waals surface area contributed by atoms with E-state index in [0.717, 1.165) is 16.9 Å². The summed E-state index contributed by atoms with van der Waals surface area (Å²) < 4.78 is 0. The smallest absolute Gasteiger partial charge is 0.265 e. The number of carbonyl (C=O) groups is 1. The molecule has 1 aliphatic rings. The van der Waals surface area contributed by atoms with Crippen molar-refractivity contribution in [2.75, 3.05) is 11.9 Å². The Morgan fingerprint density at radius 1 is 1.41 bits per heavy atom. The van der Waals surface area contributed by atoms with Gasteiger partial charge in [-0.05, 0) is 45.7 Å². The van der Waals surface area contributed by atoms with Gasteiger partial charge in [0, 0.05) is 26.5 Å². The summed E-state index contributed by atoms with van der Waals surface area (Å²) in [6.45, 7) is 8.13. The minimum Gasteiger partial charge on any atom is -0.386 e. The minimum atomic E-state index is -0.374. The number of hydrogen-bond donors (Lipinski definition) is 2. The molecule has 2 N–H and O–H groups in total. The lowest BCUT2D eigenvalue weighted by Crippen LogP contribution is -2.54. The van der Waals surface area contributed by atoms with Gasteiger partial charge < -0.3 is 15.5 Å². The molecule has 0 fully saturated rings. The summed E-state index contributed by atoms with van der Waals surface area (Å²) in [6, 6.07) is 9.45. The lowest BCUT2D eigenvalue weighted by atomic mass is 9.81. The number of thiophene rings is 1. The highest BCUT2D eigenvalue weighted by atomic mass is 35.5. The van der Waals surface area contributed by atoms with E-state index in [4.69, 9.17) is 16.4 Å². The molecule has 0 bridgehead atoms. The van der Waals surface area contributed by atoms with Gasteiger partial charge in [-0.1, -0.05) is 35.0 Å². The van der Waals surface area contributed by atoms with Gasteiger partial charge in [-0.3, -0.25) is 4.79 Å². The van der Waals surface area contributed by atoms with Crippen molar-refractivity contribution in [3.8, 4) is 6.07 Å². The lowest BCUT2D eigenvalue weighted by molar-refractivity contribution is -0.120. The fourth-order valence-electron chi connectivity index (χ4n) is 3.67. The van der Waals surface area contributed by atoms with Gasteiger partial charge in [-0.15, -0.1) is 11.3 Å². The summed E-state index contributed by atoms with van der Waals surface area (Å²) in [5.41, 5.74) is 1.80. The molecule has 0 atom stereocenters. The molecule has 0 aliphatic carbocycles. The highest BCUT2D eigenvalue weighted by Gasteiger charge is 2.40. The fraction of sp³-hybridized carbons (Fsp3) is 0.381. The van der Waals surface area contributed by atoms with E-state index in [-0.39, 0.29) is 23.6 Å². The topological polar surface area (TPSA) is 86.5 Å². The second-order valence-electron chi connectivity index (χ2n) is 8.11. The number of amides is 1. The molecule has 2 aromatic rings. The fourth-order valence-corrected chi connectivity index (χ4v) is 5.09. The van der Waals surface area contributed by atoms with Crippen molar-refractivity contribution in [2.45, 2.75) is 45.2 Å². The Morgan fingerprint density at radius 2 is 2.14 bits per heavy atom. The zero-order chi connectivity index (χ0) is 21.2. The van der Waals surface area contributed by atoms with E-state index in [1.165, 1.54) is 17.6 Å². The molecule has 3 rings (SSSR count). The molecule has 0 radical (unpaired) electrons. The second kappa shape index (κ2) is 8.15. The first-order chi connectivity index (χ1) is 13.6. The van der Waals surface area contributed by atoms with E-state index < -0.39 is 0 Å². The van der Waals surface area contributed by atoms with Crippen molar-refractivity contribution in [2.24, 2.45) is 5.16 Å². The number of hydrogen-bond acceptors (Lipinski definition) is 6. The van der Waals surface area contributed by atoms with Gasteiger partial charge in [-0.2, -0.15) is 5.26 Å². The van der Waals surface area contributed by atoms with Crippen molar-refractivity contribution in [3.05, 3.63) is 50.9 Å². The van der Waals surface area contributed by atoms with Crippen LogP contribution in [0.3, 0.4) is 0 Å². The number of benzene rings is 1. The molecule has 0 spiro atoms. The van der Waals surface area contributed by atoms with Gasteiger partial charge in [0.15, 0.2) is 6.61 Å². The highest BCUT2D eigenvalue weighted by Crippen LogP contribution is 2.44. The third kappa shape index (κ3) is 4.78. The zero-order valence-electron chi connectivity index (χ0n) is 16.8. The van der Waals surface area contributed by atoms with Gasteiger partial charge in [0.1, 0.15) is 11.1 Å². The van der Waals surface area contributed by atoms with Gasteiger partial charge in [0.05, 0.1) is 11.8 Å². The van der Waals surface area contributed by atoms with Gasteiger partial charge in [-0.25, -0.2) is 0 Å². The maximum Gasteiger partial charge on any atom is 0.265 e. The van der Waals surface area contributed by atoms with E-state index in [2.05, 4.69) is 49.6 Å². The molecule has 1 aromatic carbocycles. The Balaban J connectivity index is 1.69. The third-order valence-electron chi connectivity index (χ3n) is 4.58. The summed E-state index contributed by atoms with van der Waals surface area (Å²) in [5, 5.41) is 21.0. The standard InChI is InChI=1S/C21H23ClN4O2S/c1-20(2)9-14-15(10-23)19(29-18(14)21(3,4)26-20)25-17(27)12-28-24-11-13-7-5-6-8-16(13)22/h5-8,11,26H,9,12H2,1-4H3,(H,25,27). The zero-order valence-corrected chi connectivity index (χ0v) is 18.4. The summed E-state index contributed by atoms with van der Waals surface area (Å²) >= 11 is 7.47. The number of carbonyl (C=O) groups excluding carboxylic acids is 1. The molecular weight excluding hydrogens is 408 g/mol. The molecule has 0 saturated carbocycles. The Hall–Kier alpha value is -2.40. The monoisotopic (exact) mass is 430 g/mol. The predicted octanol–water partition coefficient (Wildman–Crippen LogP) is 4.42. The van der Waals surface area contributed by atoms with Gasteiger partial charge in [0.2, 0.25) is 0 Å². The molecule has 0 unspecified atom stereocenters. The Morgan fingerprint density at radius 3 is 2.83 bits per heavy atom. The van der Waals surface area contributed by atoms with Crippen LogP contribution in [0.2, 0.25) is 5.02 Å². The van der Waals surface area contributed by atoms with Crippen LogP contribution < -0.4 is 10.6 Å². The lowest BCUT2D eigenvalue weighted by Gasteiger charge is -2.42. The van der Waals surface area contributed by atoms with Crippen molar-refractivity contribution >= 4 is 40.1 Å². The third-order valence-corrected chi connectivity index (χ3v) is 6.39. The van der Waals surface area contributed by atoms with Crippen molar-refractivity contribution in [1.82, 2.24) is 5.32 Å². The average molecular weight is 431 g/mol. The molecule has 1 aliphatic heterocycles. The highest BCUT2D eigenvalue weighted by molar-refractivity contribution is 7.17. The van der Waals surface area contributed by atoms with Crippen molar-refractivity contribution in [3.63, 3.8) is 0 Å².